The number of hydrogen-bond acceptors (Lipinski definition) is 4. The summed E-state index contributed by atoms with van der Waals surface area (Å²) in [6.07, 6.45) is 11.4. The fourth-order valence-corrected chi connectivity index (χ4v) is 4.36. The van der Waals surface area contributed by atoms with Crippen LogP contribution in [0.25, 0.3) is 0 Å². The van der Waals surface area contributed by atoms with E-state index in [0.717, 1.165) is 24.0 Å². The number of unbranched alkanes of at least 4 members (excludes halogenated alkanes) is 3. The van der Waals surface area contributed by atoms with E-state index in [2.05, 4.69) is 19.1 Å². The normalized spacial score (nSPS) is 19.2. The van der Waals surface area contributed by atoms with Gasteiger partial charge in [-0.3, -0.25) is 0 Å². The van der Waals surface area contributed by atoms with Gasteiger partial charge in [0.25, 0.3) is 0 Å². The van der Waals surface area contributed by atoms with E-state index in [1.54, 1.807) is 36.4 Å². The van der Waals surface area contributed by atoms with Gasteiger partial charge in [-0.25, -0.2) is 0 Å². The fraction of sp³-hybridized carbons (Fsp3) is 0.417. The number of rotatable bonds is 9. The minimum absolute atomic E-state index is 0.0947. The second kappa shape index (κ2) is 10.1. The van der Waals surface area contributed by atoms with Crippen LogP contribution in [-0.4, -0.2) is 14.5 Å². The average Bonchev–Trinajstić information content (AvgIpc) is 2.72. The van der Waals surface area contributed by atoms with Crippen LogP contribution in [0.2, 0.25) is 0 Å². The molecule has 0 aliphatic carbocycles. The van der Waals surface area contributed by atoms with Crippen molar-refractivity contribution in [3.63, 3.8) is 0 Å². The van der Waals surface area contributed by atoms with Crippen LogP contribution in [0.5, 0.6) is 5.75 Å². The van der Waals surface area contributed by atoms with Crippen molar-refractivity contribution in [3.8, 4) is 5.75 Å². The number of aryl methyl sites for hydroxylation is 1. The molecule has 0 amide bonds. The lowest BCUT2D eigenvalue weighted by atomic mass is 10.0. The maximum atomic E-state index is 12.4. The zero-order valence-electron chi connectivity index (χ0n) is 17.2. The van der Waals surface area contributed by atoms with Crippen LogP contribution in [0.3, 0.4) is 0 Å². The number of benzene rings is 2. The van der Waals surface area contributed by atoms with Crippen LogP contribution in [0, 0.1) is 6.92 Å². The van der Waals surface area contributed by atoms with E-state index in [1.165, 1.54) is 25.7 Å². The molecule has 0 fully saturated rings. The number of hydrogen-bond donors (Lipinski definition) is 0. The lowest BCUT2D eigenvalue weighted by Gasteiger charge is -2.26. The summed E-state index contributed by atoms with van der Waals surface area (Å²) in [5.41, 5.74) is 2.00. The van der Waals surface area contributed by atoms with Gasteiger partial charge in [-0.05, 0) is 49.6 Å². The van der Waals surface area contributed by atoms with E-state index in [4.69, 9.17) is 8.92 Å². The van der Waals surface area contributed by atoms with E-state index in [0.29, 0.717) is 5.75 Å². The highest BCUT2D eigenvalue weighted by atomic mass is 32.2. The maximum absolute atomic E-state index is 12.4. The van der Waals surface area contributed by atoms with Crippen LogP contribution >= 0.6 is 0 Å². The highest BCUT2D eigenvalue weighted by Gasteiger charge is 2.20. The molecule has 5 heteroatoms. The molecule has 2 aromatic carbocycles. The SMILES string of the molecule is CCCCCC[C@H]1CC=C[C@@H](c2ccc(OS(=O)(=O)c3ccc(C)cc3)cc2)O1. The van der Waals surface area contributed by atoms with Gasteiger partial charge in [-0.1, -0.05) is 74.6 Å². The molecule has 0 spiro atoms. The van der Waals surface area contributed by atoms with Crippen LogP contribution in [0.1, 0.15) is 62.7 Å². The van der Waals surface area contributed by atoms with Crippen molar-refractivity contribution < 1.29 is 17.3 Å². The van der Waals surface area contributed by atoms with Crippen molar-refractivity contribution >= 4 is 10.1 Å². The fourth-order valence-electron chi connectivity index (χ4n) is 3.43. The molecule has 1 aliphatic heterocycles. The Hall–Kier alpha value is -2.11. The Morgan fingerprint density at radius 2 is 1.72 bits per heavy atom. The third-order valence-corrected chi connectivity index (χ3v) is 6.41. The summed E-state index contributed by atoms with van der Waals surface area (Å²) in [4.78, 5) is 0.150. The monoisotopic (exact) mass is 414 g/mol. The van der Waals surface area contributed by atoms with Gasteiger partial charge < -0.3 is 8.92 Å². The second-order valence-electron chi connectivity index (χ2n) is 7.61. The van der Waals surface area contributed by atoms with Gasteiger partial charge in [-0.2, -0.15) is 8.42 Å². The molecule has 0 unspecified atom stereocenters. The topological polar surface area (TPSA) is 52.6 Å². The predicted molar refractivity (Wildman–Crippen MR) is 116 cm³/mol. The molecule has 1 heterocycles. The Bertz CT molecular complexity index is 899. The first-order chi connectivity index (χ1) is 14.0. The maximum Gasteiger partial charge on any atom is 0.339 e. The van der Waals surface area contributed by atoms with E-state index in [9.17, 15) is 8.42 Å². The smallest absolute Gasteiger partial charge is 0.339 e. The standard InChI is InChI=1S/C24H30O4S/c1-3-4-5-6-8-21-9-7-10-24(27-21)20-13-15-22(16-14-20)28-29(25,26)23-17-11-19(2)12-18-23/h7,10-18,21,24H,3-6,8-9H2,1-2H3/t21-,24-/m0/s1. The molecule has 0 saturated heterocycles. The van der Waals surface area contributed by atoms with E-state index in [-0.39, 0.29) is 17.1 Å². The molecule has 0 radical (unpaired) electrons. The minimum atomic E-state index is -3.84. The van der Waals surface area contributed by atoms with Gasteiger partial charge in [-0.15, -0.1) is 0 Å². The third kappa shape index (κ3) is 6.18. The summed E-state index contributed by atoms with van der Waals surface area (Å²) >= 11 is 0. The molecular weight excluding hydrogens is 384 g/mol. The molecule has 2 aromatic rings. The minimum Gasteiger partial charge on any atom is -0.379 e. The summed E-state index contributed by atoms with van der Waals surface area (Å²) in [7, 11) is -3.84. The van der Waals surface area contributed by atoms with Gasteiger partial charge in [0.1, 0.15) is 16.7 Å². The first-order valence-electron chi connectivity index (χ1n) is 10.4. The van der Waals surface area contributed by atoms with Gasteiger partial charge >= 0.3 is 10.1 Å². The van der Waals surface area contributed by atoms with Crippen molar-refractivity contribution in [1.29, 1.82) is 0 Å². The summed E-state index contributed by atoms with van der Waals surface area (Å²) < 4.78 is 36.4. The lowest BCUT2D eigenvalue weighted by Crippen LogP contribution is -2.19. The van der Waals surface area contributed by atoms with Crippen LogP contribution < -0.4 is 4.18 Å². The third-order valence-electron chi connectivity index (χ3n) is 5.15. The summed E-state index contributed by atoms with van der Waals surface area (Å²) in [5.74, 6) is 0.297. The van der Waals surface area contributed by atoms with E-state index < -0.39 is 10.1 Å². The Labute approximate surface area is 174 Å². The first kappa shape index (κ1) is 21.6. The highest BCUT2D eigenvalue weighted by molar-refractivity contribution is 7.87. The molecule has 0 aromatic heterocycles. The van der Waals surface area contributed by atoms with Crippen molar-refractivity contribution in [2.75, 3.05) is 0 Å². The predicted octanol–water partition coefficient (Wildman–Crippen LogP) is 6.12. The molecule has 156 valence electrons. The largest absolute Gasteiger partial charge is 0.379 e. The van der Waals surface area contributed by atoms with Gasteiger partial charge in [0, 0.05) is 0 Å². The zero-order chi connectivity index (χ0) is 20.7. The van der Waals surface area contributed by atoms with Gasteiger partial charge in [0.2, 0.25) is 0 Å². The number of ether oxygens (including phenoxy) is 1. The van der Waals surface area contributed by atoms with Crippen LogP contribution in [0.15, 0.2) is 65.6 Å². The van der Waals surface area contributed by atoms with Crippen molar-refractivity contribution in [2.24, 2.45) is 0 Å². The van der Waals surface area contributed by atoms with Gasteiger partial charge in [0.05, 0.1) is 6.10 Å². The van der Waals surface area contributed by atoms with Crippen LogP contribution in [-0.2, 0) is 14.9 Å². The Balaban J connectivity index is 1.60. The van der Waals surface area contributed by atoms with E-state index >= 15 is 0 Å². The van der Waals surface area contributed by atoms with Crippen molar-refractivity contribution in [3.05, 3.63) is 71.8 Å². The molecule has 0 N–H and O–H groups in total. The Morgan fingerprint density at radius 1 is 1.00 bits per heavy atom. The molecule has 0 saturated carbocycles. The quantitative estimate of drug-likeness (QED) is 0.282. The summed E-state index contributed by atoms with van der Waals surface area (Å²) in [5, 5.41) is 0. The lowest BCUT2D eigenvalue weighted by molar-refractivity contribution is -0.000815. The molecule has 0 bridgehead atoms. The molecule has 1 aliphatic rings. The Morgan fingerprint density at radius 3 is 2.41 bits per heavy atom. The Kier molecular flexibility index (Phi) is 7.51. The molecule has 29 heavy (non-hydrogen) atoms. The second-order valence-corrected chi connectivity index (χ2v) is 9.16. The molecular formula is C24H30O4S. The van der Waals surface area contributed by atoms with Crippen molar-refractivity contribution in [1.82, 2.24) is 0 Å². The zero-order valence-corrected chi connectivity index (χ0v) is 18.0. The first-order valence-corrected chi connectivity index (χ1v) is 11.8. The summed E-state index contributed by atoms with van der Waals surface area (Å²) in [6.45, 7) is 4.13. The average molecular weight is 415 g/mol. The highest BCUT2D eigenvalue weighted by Crippen LogP contribution is 2.30. The molecule has 4 nitrogen and oxygen atoms in total. The van der Waals surface area contributed by atoms with Crippen molar-refractivity contribution in [2.45, 2.75) is 69.5 Å². The molecule has 3 rings (SSSR count). The van der Waals surface area contributed by atoms with E-state index in [1.807, 2.05) is 19.1 Å². The van der Waals surface area contributed by atoms with Gasteiger partial charge in [0.15, 0.2) is 0 Å². The summed E-state index contributed by atoms with van der Waals surface area (Å²) in [6, 6.07) is 13.7. The molecule has 2 atom stereocenters. The van der Waals surface area contributed by atoms with Crippen LogP contribution in [0.4, 0.5) is 0 Å².